The van der Waals surface area contributed by atoms with Gasteiger partial charge in [-0.05, 0) is 22.3 Å². The van der Waals surface area contributed by atoms with Crippen LogP contribution in [0.5, 0.6) is 0 Å². The molecule has 0 fully saturated rings. The maximum absolute atomic E-state index is 13.1. The van der Waals surface area contributed by atoms with E-state index in [4.69, 9.17) is 9.16 Å². The highest BCUT2D eigenvalue weighted by Crippen LogP contribution is 2.37. The van der Waals surface area contributed by atoms with Crippen LogP contribution < -0.4 is 10.4 Å². The molecule has 8 heteroatoms. The SMILES string of the molecule is CCOCn1cc(CO[Si](c2ccccc2)(c2ccccc2)C(C)(C)C)nc1C(=O)C(F)F. The maximum Gasteiger partial charge on any atom is 0.303 e. The quantitative estimate of drug-likeness (QED) is 0.324. The molecule has 1 heterocycles. The highest BCUT2D eigenvalue weighted by atomic mass is 28.4. The largest absolute Gasteiger partial charge is 0.401 e. The highest BCUT2D eigenvalue weighted by Gasteiger charge is 2.50. The zero-order valence-electron chi connectivity index (χ0n) is 19.4. The van der Waals surface area contributed by atoms with E-state index in [1.54, 1.807) is 13.1 Å². The van der Waals surface area contributed by atoms with E-state index in [0.29, 0.717) is 12.3 Å². The number of aromatic nitrogens is 2. The second-order valence-electron chi connectivity index (χ2n) is 8.76. The lowest BCUT2D eigenvalue weighted by Crippen LogP contribution is -2.66. The molecule has 0 aliphatic heterocycles. The maximum atomic E-state index is 13.1. The monoisotopic (exact) mass is 472 g/mol. The Labute approximate surface area is 194 Å². The number of Topliss-reactive ketones (excluding diaryl/α,β-unsaturated/α-hetero) is 1. The van der Waals surface area contributed by atoms with Crippen molar-refractivity contribution in [3.05, 3.63) is 78.4 Å². The van der Waals surface area contributed by atoms with Gasteiger partial charge in [0, 0.05) is 12.8 Å². The molecule has 0 aliphatic rings. The number of hydrogen-bond donors (Lipinski definition) is 0. The summed E-state index contributed by atoms with van der Waals surface area (Å²) in [5.41, 5.74) is 0.409. The van der Waals surface area contributed by atoms with Crippen molar-refractivity contribution in [2.75, 3.05) is 6.61 Å². The molecule has 0 radical (unpaired) electrons. The number of carbonyl (C=O) groups is 1. The molecule has 0 amide bonds. The minimum Gasteiger partial charge on any atom is -0.401 e. The second-order valence-corrected chi connectivity index (χ2v) is 13.1. The zero-order valence-corrected chi connectivity index (χ0v) is 20.4. The van der Waals surface area contributed by atoms with Gasteiger partial charge in [0.2, 0.25) is 0 Å². The molecule has 3 rings (SSSR count). The van der Waals surface area contributed by atoms with Crippen LogP contribution in [0, 0.1) is 0 Å². The third-order valence-corrected chi connectivity index (χ3v) is 10.5. The van der Waals surface area contributed by atoms with E-state index < -0.39 is 20.5 Å². The summed E-state index contributed by atoms with van der Waals surface area (Å²) in [6, 6.07) is 20.2. The lowest BCUT2D eigenvalue weighted by atomic mass is 10.2. The number of nitrogens with zero attached hydrogens (tertiary/aromatic N) is 2. The lowest BCUT2D eigenvalue weighted by molar-refractivity contribution is 0.0609. The van der Waals surface area contributed by atoms with E-state index >= 15 is 0 Å². The average Bonchev–Trinajstić information content (AvgIpc) is 3.21. The van der Waals surface area contributed by atoms with Gasteiger partial charge in [0.1, 0.15) is 6.73 Å². The Morgan fingerprint density at radius 2 is 1.58 bits per heavy atom. The Bertz CT molecular complexity index is 1010. The number of rotatable bonds is 10. The Kier molecular flexibility index (Phi) is 7.94. The van der Waals surface area contributed by atoms with E-state index in [-0.39, 0.29) is 24.2 Å². The Morgan fingerprint density at radius 1 is 1.03 bits per heavy atom. The molecule has 0 N–H and O–H groups in total. The first-order chi connectivity index (χ1) is 15.7. The van der Waals surface area contributed by atoms with Crippen molar-refractivity contribution in [1.82, 2.24) is 9.55 Å². The number of alkyl halides is 2. The second kappa shape index (κ2) is 10.5. The van der Waals surface area contributed by atoms with Crippen molar-refractivity contribution < 1.29 is 22.7 Å². The third kappa shape index (κ3) is 5.29. The van der Waals surface area contributed by atoms with Gasteiger partial charge < -0.3 is 13.7 Å². The number of benzene rings is 2. The topological polar surface area (TPSA) is 53.4 Å². The van der Waals surface area contributed by atoms with Crippen LogP contribution in [0.2, 0.25) is 5.04 Å². The molecule has 0 unspecified atom stereocenters. The normalized spacial score (nSPS) is 12.3. The van der Waals surface area contributed by atoms with Crippen LogP contribution in [0.15, 0.2) is 66.9 Å². The first kappa shape index (κ1) is 24.9. The molecule has 0 saturated carbocycles. The molecular weight excluding hydrogens is 442 g/mol. The van der Waals surface area contributed by atoms with Gasteiger partial charge in [-0.25, -0.2) is 13.8 Å². The number of hydrogen-bond acceptors (Lipinski definition) is 4. The molecule has 5 nitrogen and oxygen atoms in total. The van der Waals surface area contributed by atoms with Crippen LogP contribution in [0.25, 0.3) is 0 Å². The predicted molar refractivity (Wildman–Crippen MR) is 127 cm³/mol. The molecule has 0 bridgehead atoms. The molecular formula is C25H30F2N2O3Si. The minimum absolute atomic E-state index is 0.0312. The number of halogens is 2. The van der Waals surface area contributed by atoms with Gasteiger partial charge in [-0.2, -0.15) is 0 Å². The van der Waals surface area contributed by atoms with Crippen LogP contribution in [0.1, 0.15) is 44.0 Å². The van der Waals surface area contributed by atoms with E-state index in [2.05, 4.69) is 50.0 Å². The average molecular weight is 473 g/mol. The number of ketones is 1. The molecule has 0 spiro atoms. The van der Waals surface area contributed by atoms with Crippen molar-refractivity contribution in [2.45, 2.75) is 52.5 Å². The van der Waals surface area contributed by atoms with E-state index in [1.807, 2.05) is 36.4 Å². The number of imidazole rings is 1. The summed E-state index contributed by atoms with van der Waals surface area (Å²) >= 11 is 0. The fraction of sp³-hybridized carbons (Fsp3) is 0.360. The molecule has 2 aromatic carbocycles. The van der Waals surface area contributed by atoms with E-state index in [9.17, 15) is 13.6 Å². The summed E-state index contributed by atoms with van der Waals surface area (Å²) in [7, 11) is -2.83. The van der Waals surface area contributed by atoms with Gasteiger partial charge in [-0.1, -0.05) is 81.4 Å². The predicted octanol–water partition coefficient (Wildman–Crippen LogP) is 4.40. The highest BCUT2D eigenvalue weighted by molar-refractivity contribution is 6.99. The van der Waals surface area contributed by atoms with E-state index in [1.165, 1.54) is 4.57 Å². The smallest absolute Gasteiger partial charge is 0.303 e. The first-order valence-electron chi connectivity index (χ1n) is 10.9. The van der Waals surface area contributed by atoms with Gasteiger partial charge in [-0.3, -0.25) is 4.79 Å². The molecule has 0 aliphatic carbocycles. The Balaban J connectivity index is 2.04. The zero-order chi connectivity index (χ0) is 24.1. The number of ether oxygens (including phenoxy) is 1. The molecule has 0 saturated heterocycles. The van der Waals surface area contributed by atoms with Crippen LogP contribution in [0.3, 0.4) is 0 Å². The summed E-state index contributed by atoms with van der Waals surface area (Å²) in [6.07, 6.45) is -1.58. The van der Waals surface area contributed by atoms with Gasteiger partial charge in [0.25, 0.3) is 14.1 Å². The van der Waals surface area contributed by atoms with Gasteiger partial charge in [0.15, 0.2) is 5.82 Å². The molecule has 33 heavy (non-hydrogen) atoms. The molecule has 3 aromatic rings. The third-order valence-electron chi connectivity index (χ3n) is 5.53. The van der Waals surface area contributed by atoms with Crippen LogP contribution >= 0.6 is 0 Å². The molecule has 176 valence electrons. The van der Waals surface area contributed by atoms with Crippen LogP contribution in [-0.4, -0.2) is 36.7 Å². The summed E-state index contributed by atoms with van der Waals surface area (Å²) in [6.45, 7) is 8.68. The van der Waals surface area contributed by atoms with Crippen molar-refractivity contribution in [3.63, 3.8) is 0 Å². The molecule has 1 aromatic heterocycles. The standard InChI is InChI=1S/C25H30F2N2O3Si/c1-5-31-18-29-16-19(28-24(29)22(30)23(26)27)17-32-33(25(2,3)4,20-12-8-6-9-13-20)21-14-10-7-11-15-21/h6-16,23H,5,17-18H2,1-4H3. The first-order valence-corrected chi connectivity index (χ1v) is 12.8. The van der Waals surface area contributed by atoms with Crippen molar-refractivity contribution in [2.24, 2.45) is 0 Å². The summed E-state index contributed by atoms with van der Waals surface area (Å²) in [4.78, 5) is 16.2. The van der Waals surface area contributed by atoms with Gasteiger partial charge >= 0.3 is 6.43 Å². The summed E-state index contributed by atoms with van der Waals surface area (Å²) < 4.78 is 39.7. The minimum atomic E-state index is -3.14. The fourth-order valence-corrected chi connectivity index (χ4v) is 8.59. The van der Waals surface area contributed by atoms with E-state index in [0.717, 1.165) is 10.4 Å². The number of carbonyl (C=O) groups excluding carboxylic acids is 1. The van der Waals surface area contributed by atoms with Gasteiger partial charge in [-0.15, -0.1) is 0 Å². The Hall–Kier alpha value is -2.68. The fourth-order valence-electron chi connectivity index (χ4n) is 4.07. The van der Waals surface area contributed by atoms with Crippen LogP contribution in [-0.2, 0) is 22.5 Å². The summed E-state index contributed by atoms with van der Waals surface area (Å²) in [5, 5.41) is 1.95. The van der Waals surface area contributed by atoms with Crippen molar-refractivity contribution >= 4 is 24.5 Å². The lowest BCUT2D eigenvalue weighted by Gasteiger charge is -2.42. The van der Waals surface area contributed by atoms with Gasteiger partial charge in [0.05, 0.1) is 12.3 Å². The Morgan fingerprint density at radius 3 is 2.03 bits per heavy atom. The van der Waals surface area contributed by atoms with Crippen molar-refractivity contribution in [1.29, 1.82) is 0 Å². The van der Waals surface area contributed by atoms with Crippen LogP contribution in [0.4, 0.5) is 8.78 Å². The van der Waals surface area contributed by atoms with Crippen molar-refractivity contribution in [3.8, 4) is 0 Å². The molecule has 0 atom stereocenters. The summed E-state index contributed by atoms with van der Waals surface area (Å²) in [5.74, 6) is -1.65.